The molecule has 2 rings (SSSR count). The van der Waals surface area contributed by atoms with E-state index in [9.17, 15) is 5.11 Å². The Morgan fingerprint density at radius 2 is 1.70 bits per heavy atom. The van der Waals surface area contributed by atoms with E-state index >= 15 is 0 Å². The summed E-state index contributed by atoms with van der Waals surface area (Å²) in [7, 11) is 0. The fraction of sp³-hybridized carbons (Fsp3) is 0.316. The third-order valence-corrected chi connectivity index (χ3v) is 3.65. The molecule has 0 saturated carbocycles. The molecular formula is C19H24BrNO2. The lowest BCUT2D eigenvalue weighted by Gasteiger charge is -2.19. The molecule has 0 fully saturated rings. The van der Waals surface area contributed by atoms with Crippen molar-refractivity contribution >= 4 is 21.8 Å². The first-order chi connectivity index (χ1) is 11.2. The molecule has 0 amide bonds. The number of rotatable bonds is 6. The van der Waals surface area contributed by atoms with Crippen molar-refractivity contribution < 1.29 is 9.84 Å². The average molecular weight is 378 g/mol. The van der Waals surface area contributed by atoms with Gasteiger partial charge in [-0.1, -0.05) is 72.2 Å². The smallest absolute Gasteiger partial charge is 0.185 e. The Hall–Kier alpha value is -1.65. The van der Waals surface area contributed by atoms with E-state index in [1.165, 1.54) is 0 Å². The summed E-state index contributed by atoms with van der Waals surface area (Å²) in [5.74, 6) is 0.211. The minimum absolute atomic E-state index is 0.0271. The Morgan fingerprint density at radius 1 is 1.09 bits per heavy atom. The van der Waals surface area contributed by atoms with Crippen molar-refractivity contribution in [3.63, 3.8) is 0 Å². The molecule has 23 heavy (non-hydrogen) atoms. The normalized spacial score (nSPS) is 11.1. The van der Waals surface area contributed by atoms with Gasteiger partial charge in [-0.25, -0.2) is 0 Å². The maximum Gasteiger partial charge on any atom is 0.185 e. The summed E-state index contributed by atoms with van der Waals surface area (Å²) in [4.78, 5) is 0. The quantitative estimate of drug-likeness (QED) is 0.541. The van der Waals surface area contributed by atoms with E-state index in [1.807, 2.05) is 68.4 Å². The molecule has 0 aromatic heterocycles. The summed E-state index contributed by atoms with van der Waals surface area (Å²) in [5, 5.41) is 17.2. The first kappa shape index (κ1) is 19.4. The fourth-order valence-corrected chi connectivity index (χ4v) is 2.35. The van der Waals surface area contributed by atoms with Crippen LogP contribution in [-0.4, -0.2) is 17.6 Å². The molecule has 0 saturated heterocycles. The van der Waals surface area contributed by atoms with Gasteiger partial charge in [0.05, 0.1) is 0 Å². The molecular weight excluding hydrogens is 354 g/mol. The Morgan fingerprint density at radius 3 is 2.26 bits per heavy atom. The zero-order valence-electron chi connectivity index (χ0n) is 13.6. The highest BCUT2D eigenvalue weighted by atomic mass is 79.9. The van der Waals surface area contributed by atoms with Gasteiger partial charge in [0.25, 0.3) is 0 Å². The van der Waals surface area contributed by atoms with Crippen molar-refractivity contribution in [3.8, 4) is 0 Å². The number of ether oxygens (including phenoxy) is 1. The Balaban J connectivity index is 0.00000127. The zero-order valence-corrected chi connectivity index (χ0v) is 15.2. The molecule has 1 unspecified atom stereocenters. The predicted octanol–water partition coefficient (Wildman–Crippen LogP) is 5.14. The number of aliphatic hydroxyl groups excluding tert-OH is 1. The Labute approximate surface area is 147 Å². The lowest BCUT2D eigenvalue weighted by atomic mass is 10.1. The van der Waals surface area contributed by atoms with E-state index in [-0.39, 0.29) is 18.6 Å². The van der Waals surface area contributed by atoms with Gasteiger partial charge in [-0.05, 0) is 23.3 Å². The summed E-state index contributed by atoms with van der Waals surface area (Å²) >= 11 is 3.40. The second kappa shape index (κ2) is 11.0. The first-order valence-electron chi connectivity index (χ1n) is 7.83. The molecule has 0 heterocycles. The molecule has 0 aliphatic carbocycles. The topological polar surface area (TPSA) is 53.3 Å². The number of aliphatic hydroxyl groups is 1. The van der Waals surface area contributed by atoms with Gasteiger partial charge in [0.15, 0.2) is 5.90 Å². The molecule has 2 N–H and O–H groups in total. The van der Waals surface area contributed by atoms with Gasteiger partial charge >= 0.3 is 0 Å². The van der Waals surface area contributed by atoms with Crippen molar-refractivity contribution in [1.82, 2.24) is 0 Å². The molecule has 1 atom stereocenters. The number of hydrogen-bond donors (Lipinski definition) is 2. The predicted molar refractivity (Wildman–Crippen MR) is 98.9 cm³/mol. The van der Waals surface area contributed by atoms with E-state index in [4.69, 9.17) is 10.1 Å². The molecule has 0 bridgehead atoms. The molecule has 4 heteroatoms. The lowest BCUT2D eigenvalue weighted by Crippen LogP contribution is -2.14. The van der Waals surface area contributed by atoms with Crippen LogP contribution < -0.4 is 0 Å². The van der Waals surface area contributed by atoms with E-state index in [0.29, 0.717) is 12.8 Å². The average Bonchev–Trinajstić information content (AvgIpc) is 2.58. The maximum absolute atomic E-state index is 9.20. The highest BCUT2D eigenvalue weighted by Gasteiger charge is 2.14. The van der Waals surface area contributed by atoms with E-state index in [2.05, 4.69) is 15.9 Å². The summed E-state index contributed by atoms with van der Waals surface area (Å²) < 4.78 is 6.72. The standard InChI is InChI=1S/C17H18BrNO2.C2H6/c18-15-8-6-14(7-9-15)16(10-11-20)21-17(19)12-13-4-2-1-3-5-13;1-2/h1-9,16,19-20H,10-12H2;1-2H3. The van der Waals surface area contributed by atoms with Crippen molar-refractivity contribution in [3.05, 3.63) is 70.2 Å². The van der Waals surface area contributed by atoms with Crippen LogP contribution in [0.5, 0.6) is 0 Å². The molecule has 124 valence electrons. The van der Waals surface area contributed by atoms with Crippen LogP contribution in [0, 0.1) is 5.41 Å². The largest absolute Gasteiger partial charge is 0.473 e. The van der Waals surface area contributed by atoms with Crippen LogP contribution >= 0.6 is 15.9 Å². The Bertz CT molecular complexity index is 570. The van der Waals surface area contributed by atoms with Crippen LogP contribution in [0.25, 0.3) is 0 Å². The van der Waals surface area contributed by atoms with Crippen LogP contribution in [0.1, 0.15) is 37.5 Å². The Kier molecular flexibility index (Phi) is 9.25. The summed E-state index contributed by atoms with van der Waals surface area (Å²) in [6.45, 7) is 4.03. The third kappa shape index (κ3) is 6.97. The highest BCUT2D eigenvalue weighted by molar-refractivity contribution is 9.10. The van der Waals surface area contributed by atoms with Crippen molar-refractivity contribution in [2.45, 2.75) is 32.8 Å². The SMILES string of the molecule is CC.N=C(Cc1ccccc1)OC(CCO)c1ccc(Br)cc1. The highest BCUT2D eigenvalue weighted by Crippen LogP contribution is 2.23. The fourth-order valence-electron chi connectivity index (χ4n) is 2.08. The van der Waals surface area contributed by atoms with Crippen LogP contribution in [-0.2, 0) is 11.2 Å². The van der Waals surface area contributed by atoms with Crippen molar-refractivity contribution in [2.75, 3.05) is 6.61 Å². The first-order valence-corrected chi connectivity index (χ1v) is 8.62. The number of benzene rings is 2. The number of halogens is 1. The summed E-state index contributed by atoms with van der Waals surface area (Å²) in [5.41, 5.74) is 2.01. The van der Waals surface area contributed by atoms with Crippen LogP contribution in [0.4, 0.5) is 0 Å². The minimum atomic E-state index is -0.292. The van der Waals surface area contributed by atoms with Gasteiger partial charge in [0.2, 0.25) is 0 Å². The van der Waals surface area contributed by atoms with Gasteiger partial charge in [0, 0.05) is 23.9 Å². The molecule has 2 aromatic carbocycles. The van der Waals surface area contributed by atoms with Gasteiger partial charge < -0.3 is 9.84 Å². The van der Waals surface area contributed by atoms with Gasteiger partial charge in [-0.15, -0.1) is 0 Å². The minimum Gasteiger partial charge on any atom is -0.473 e. The molecule has 3 nitrogen and oxygen atoms in total. The molecule has 0 radical (unpaired) electrons. The lowest BCUT2D eigenvalue weighted by molar-refractivity contribution is 0.141. The maximum atomic E-state index is 9.20. The van der Waals surface area contributed by atoms with E-state index in [1.54, 1.807) is 0 Å². The second-order valence-electron chi connectivity index (χ2n) is 4.76. The molecule has 0 aliphatic rings. The monoisotopic (exact) mass is 377 g/mol. The molecule has 0 aliphatic heterocycles. The molecule has 0 spiro atoms. The number of hydrogen-bond acceptors (Lipinski definition) is 3. The zero-order chi connectivity index (χ0) is 17.1. The van der Waals surface area contributed by atoms with Crippen LogP contribution in [0.2, 0.25) is 0 Å². The van der Waals surface area contributed by atoms with Crippen LogP contribution in [0.3, 0.4) is 0 Å². The van der Waals surface area contributed by atoms with Gasteiger partial charge in [-0.2, -0.15) is 0 Å². The van der Waals surface area contributed by atoms with Gasteiger partial charge in [-0.3, -0.25) is 5.41 Å². The van der Waals surface area contributed by atoms with Gasteiger partial charge in [0.1, 0.15) is 6.10 Å². The number of nitrogens with one attached hydrogen (secondary N) is 1. The van der Waals surface area contributed by atoms with Crippen molar-refractivity contribution in [1.29, 1.82) is 5.41 Å². The van der Waals surface area contributed by atoms with Crippen molar-refractivity contribution in [2.24, 2.45) is 0 Å². The summed E-state index contributed by atoms with van der Waals surface area (Å²) in [6.07, 6.45) is 0.636. The third-order valence-electron chi connectivity index (χ3n) is 3.13. The van der Waals surface area contributed by atoms with E-state index < -0.39 is 0 Å². The van der Waals surface area contributed by atoms with Crippen LogP contribution in [0.15, 0.2) is 59.1 Å². The molecule has 2 aromatic rings. The second-order valence-corrected chi connectivity index (χ2v) is 5.67. The summed E-state index contributed by atoms with van der Waals surface area (Å²) in [6, 6.07) is 17.5. The van der Waals surface area contributed by atoms with E-state index in [0.717, 1.165) is 15.6 Å².